The molecule has 7 nitrogen and oxygen atoms in total. The number of halogens is 1. The molecule has 0 heterocycles. The molecule has 27 heavy (non-hydrogen) atoms. The van der Waals surface area contributed by atoms with Gasteiger partial charge in [0, 0.05) is 18.5 Å². The number of amides is 1. The zero-order valence-corrected chi connectivity index (χ0v) is 16.8. The minimum absolute atomic E-state index is 0.00503. The largest absolute Gasteiger partial charge is 0.495 e. The fraction of sp³-hybridized carbons (Fsp3) is 0.278. The fourth-order valence-electron chi connectivity index (χ4n) is 2.23. The summed E-state index contributed by atoms with van der Waals surface area (Å²) in [6.07, 6.45) is 0. The third kappa shape index (κ3) is 5.85. The molecule has 0 aliphatic rings. The molecule has 146 valence electrons. The molecular formula is C18H21ClN2O5S. The number of nitrogens with one attached hydrogen (secondary N) is 2. The van der Waals surface area contributed by atoms with Crippen LogP contribution in [-0.4, -0.2) is 34.6 Å². The Morgan fingerprint density at radius 3 is 2.56 bits per heavy atom. The minimum atomic E-state index is -3.78. The minimum Gasteiger partial charge on any atom is -0.495 e. The molecule has 0 aliphatic heterocycles. The Morgan fingerprint density at radius 2 is 1.93 bits per heavy atom. The molecule has 2 rings (SSSR count). The molecule has 9 heteroatoms. The summed E-state index contributed by atoms with van der Waals surface area (Å²) in [5, 5.41) is 3.12. The van der Waals surface area contributed by atoms with E-state index in [1.165, 1.54) is 32.2 Å². The Balaban J connectivity index is 2.01. The van der Waals surface area contributed by atoms with Crippen molar-refractivity contribution in [2.75, 3.05) is 25.6 Å². The second-order valence-corrected chi connectivity index (χ2v) is 7.87. The van der Waals surface area contributed by atoms with Crippen LogP contribution in [-0.2, 0) is 14.8 Å². The summed E-state index contributed by atoms with van der Waals surface area (Å²) in [4.78, 5) is 11.3. The highest BCUT2D eigenvalue weighted by molar-refractivity contribution is 7.89. The molecule has 0 saturated heterocycles. The van der Waals surface area contributed by atoms with E-state index in [0.717, 1.165) is 5.56 Å². The van der Waals surface area contributed by atoms with Crippen LogP contribution in [0, 0.1) is 6.92 Å². The molecule has 0 radical (unpaired) electrons. The van der Waals surface area contributed by atoms with Crippen LogP contribution in [0.1, 0.15) is 12.5 Å². The number of carbonyl (C=O) groups is 1. The third-order valence-corrected chi connectivity index (χ3v) is 5.46. The zero-order valence-electron chi connectivity index (χ0n) is 15.2. The van der Waals surface area contributed by atoms with Crippen molar-refractivity contribution in [3.05, 3.63) is 47.0 Å². The molecule has 0 bridgehead atoms. The van der Waals surface area contributed by atoms with E-state index in [0.29, 0.717) is 16.5 Å². The van der Waals surface area contributed by atoms with Gasteiger partial charge in [0.25, 0.3) is 0 Å². The molecule has 2 aromatic rings. The molecule has 0 atom stereocenters. The topological polar surface area (TPSA) is 93.7 Å². The Labute approximate surface area is 163 Å². The van der Waals surface area contributed by atoms with E-state index < -0.39 is 10.0 Å². The summed E-state index contributed by atoms with van der Waals surface area (Å²) in [6.45, 7) is 3.40. The van der Waals surface area contributed by atoms with E-state index in [-0.39, 0.29) is 29.6 Å². The molecule has 0 saturated carbocycles. The lowest BCUT2D eigenvalue weighted by molar-refractivity contribution is -0.114. The van der Waals surface area contributed by atoms with Crippen molar-refractivity contribution in [3.8, 4) is 11.5 Å². The van der Waals surface area contributed by atoms with E-state index in [9.17, 15) is 13.2 Å². The van der Waals surface area contributed by atoms with Gasteiger partial charge in [-0.1, -0.05) is 17.7 Å². The molecule has 2 aromatic carbocycles. The predicted molar refractivity (Wildman–Crippen MR) is 104 cm³/mol. The van der Waals surface area contributed by atoms with Crippen molar-refractivity contribution in [1.82, 2.24) is 4.72 Å². The van der Waals surface area contributed by atoms with Gasteiger partial charge < -0.3 is 14.8 Å². The average Bonchev–Trinajstić information content (AvgIpc) is 2.61. The van der Waals surface area contributed by atoms with Crippen LogP contribution in [0.2, 0.25) is 5.02 Å². The predicted octanol–water partition coefficient (Wildman–Crippen LogP) is 2.97. The number of benzene rings is 2. The van der Waals surface area contributed by atoms with Crippen LogP contribution in [0.15, 0.2) is 41.3 Å². The van der Waals surface area contributed by atoms with E-state index in [1.807, 2.05) is 13.0 Å². The van der Waals surface area contributed by atoms with Crippen molar-refractivity contribution < 1.29 is 22.7 Å². The Hall–Kier alpha value is -2.29. The summed E-state index contributed by atoms with van der Waals surface area (Å²) in [5.41, 5.74) is 1.21. The molecule has 0 unspecified atom stereocenters. The van der Waals surface area contributed by atoms with Gasteiger partial charge in [-0.2, -0.15) is 0 Å². The maximum Gasteiger partial charge on any atom is 0.240 e. The molecule has 1 amide bonds. The first-order chi connectivity index (χ1) is 12.7. The molecule has 2 N–H and O–H groups in total. The fourth-order valence-corrected chi connectivity index (χ4v) is 3.44. The molecule has 0 aromatic heterocycles. The lowest BCUT2D eigenvalue weighted by Gasteiger charge is -2.12. The van der Waals surface area contributed by atoms with Gasteiger partial charge in [0.2, 0.25) is 15.9 Å². The summed E-state index contributed by atoms with van der Waals surface area (Å²) in [7, 11) is -2.34. The zero-order chi connectivity index (χ0) is 20.0. The van der Waals surface area contributed by atoms with Crippen LogP contribution in [0.3, 0.4) is 0 Å². The summed E-state index contributed by atoms with van der Waals surface area (Å²) in [6, 6.07) is 9.47. The first kappa shape index (κ1) is 21.0. The molecular weight excluding hydrogens is 392 g/mol. The summed E-state index contributed by atoms with van der Waals surface area (Å²) >= 11 is 6.02. The maximum atomic E-state index is 12.4. The average molecular weight is 413 g/mol. The maximum absolute atomic E-state index is 12.4. The Morgan fingerprint density at radius 1 is 1.19 bits per heavy atom. The summed E-state index contributed by atoms with van der Waals surface area (Å²) < 4.78 is 37.9. The van der Waals surface area contributed by atoms with Gasteiger partial charge in [-0.15, -0.1) is 0 Å². The highest BCUT2D eigenvalue weighted by Crippen LogP contribution is 2.27. The number of sulfonamides is 1. The first-order valence-electron chi connectivity index (χ1n) is 8.07. The second-order valence-electron chi connectivity index (χ2n) is 5.70. The van der Waals surface area contributed by atoms with Crippen LogP contribution in [0.25, 0.3) is 0 Å². The van der Waals surface area contributed by atoms with Crippen LogP contribution in [0.5, 0.6) is 11.5 Å². The number of rotatable bonds is 8. The van der Waals surface area contributed by atoms with Gasteiger partial charge in [-0.25, -0.2) is 13.1 Å². The molecule has 0 aliphatic carbocycles. The van der Waals surface area contributed by atoms with E-state index in [4.69, 9.17) is 21.1 Å². The highest BCUT2D eigenvalue weighted by Gasteiger charge is 2.16. The van der Waals surface area contributed by atoms with E-state index in [2.05, 4.69) is 10.0 Å². The van der Waals surface area contributed by atoms with Gasteiger partial charge in [0.05, 0.1) is 17.7 Å². The second kappa shape index (κ2) is 9.07. The van der Waals surface area contributed by atoms with Crippen LogP contribution < -0.4 is 19.5 Å². The van der Waals surface area contributed by atoms with Crippen molar-refractivity contribution in [1.29, 1.82) is 0 Å². The number of hydrogen-bond acceptors (Lipinski definition) is 5. The monoisotopic (exact) mass is 412 g/mol. The van der Waals surface area contributed by atoms with Crippen molar-refractivity contribution in [3.63, 3.8) is 0 Å². The highest BCUT2D eigenvalue weighted by atomic mass is 35.5. The Kier molecular flexibility index (Phi) is 7.06. The quantitative estimate of drug-likeness (QED) is 0.650. The van der Waals surface area contributed by atoms with Gasteiger partial charge in [-0.05, 0) is 42.8 Å². The standard InChI is InChI=1S/C18H21ClN2O5S/c1-12-4-5-14(10-16(12)19)26-9-8-20-27(23,24)15-6-7-18(25-3)17(11-15)21-13(2)22/h4-7,10-11,20H,8-9H2,1-3H3,(H,21,22). The number of hydrogen-bond donors (Lipinski definition) is 2. The van der Waals surface area contributed by atoms with Crippen molar-refractivity contribution in [2.24, 2.45) is 0 Å². The van der Waals surface area contributed by atoms with Gasteiger partial charge >= 0.3 is 0 Å². The number of ether oxygens (including phenoxy) is 2. The van der Waals surface area contributed by atoms with E-state index >= 15 is 0 Å². The molecule has 0 fully saturated rings. The lowest BCUT2D eigenvalue weighted by atomic mass is 10.2. The van der Waals surface area contributed by atoms with Gasteiger partial charge in [0.15, 0.2) is 0 Å². The number of methoxy groups -OCH3 is 1. The summed E-state index contributed by atoms with van der Waals surface area (Å²) in [5.74, 6) is 0.590. The SMILES string of the molecule is COc1ccc(S(=O)(=O)NCCOc2ccc(C)c(Cl)c2)cc1NC(C)=O. The normalized spacial score (nSPS) is 11.1. The number of aryl methyl sites for hydroxylation is 1. The molecule has 0 spiro atoms. The van der Waals surface area contributed by atoms with Crippen molar-refractivity contribution in [2.45, 2.75) is 18.7 Å². The van der Waals surface area contributed by atoms with Crippen molar-refractivity contribution >= 4 is 33.2 Å². The van der Waals surface area contributed by atoms with E-state index in [1.54, 1.807) is 12.1 Å². The first-order valence-corrected chi connectivity index (χ1v) is 9.93. The van der Waals surface area contributed by atoms with Gasteiger partial charge in [0.1, 0.15) is 18.1 Å². The smallest absolute Gasteiger partial charge is 0.240 e. The van der Waals surface area contributed by atoms with Crippen LogP contribution in [0.4, 0.5) is 5.69 Å². The van der Waals surface area contributed by atoms with Crippen LogP contribution >= 0.6 is 11.6 Å². The van der Waals surface area contributed by atoms with Gasteiger partial charge in [-0.3, -0.25) is 4.79 Å². The lowest BCUT2D eigenvalue weighted by Crippen LogP contribution is -2.28. The number of carbonyl (C=O) groups excluding carboxylic acids is 1. The third-order valence-electron chi connectivity index (χ3n) is 3.60. The Bertz CT molecular complexity index is 931. The number of anilines is 1.